The minimum Gasteiger partial charge on any atom is -0.492 e. The zero-order chi connectivity index (χ0) is 18.0. The number of halogens is 1. The summed E-state index contributed by atoms with van der Waals surface area (Å²) in [4.78, 5) is 4.23. The lowest BCUT2D eigenvalue weighted by Crippen LogP contribution is -2.40. The van der Waals surface area contributed by atoms with Crippen molar-refractivity contribution in [3.8, 4) is 17.2 Å². The molecule has 0 aromatic heterocycles. The SMILES string of the molecule is CN=C(NCCOc1ccccc1)NCCc1ccc2c(c1)OCCO2.I. The van der Waals surface area contributed by atoms with Crippen molar-refractivity contribution in [2.45, 2.75) is 6.42 Å². The molecule has 0 aliphatic carbocycles. The lowest BCUT2D eigenvalue weighted by molar-refractivity contribution is 0.171. The van der Waals surface area contributed by atoms with Gasteiger partial charge in [-0.3, -0.25) is 4.99 Å². The molecule has 1 heterocycles. The van der Waals surface area contributed by atoms with Gasteiger partial charge in [0, 0.05) is 13.6 Å². The number of aliphatic imine (C=N–C) groups is 1. The molecule has 6 nitrogen and oxygen atoms in total. The molecule has 1 aliphatic rings. The molecule has 0 atom stereocenters. The molecule has 0 saturated carbocycles. The Bertz CT molecular complexity index is 726. The van der Waals surface area contributed by atoms with E-state index in [1.54, 1.807) is 7.05 Å². The third-order valence-electron chi connectivity index (χ3n) is 3.94. The fourth-order valence-electron chi connectivity index (χ4n) is 2.64. The second-order valence-electron chi connectivity index (χ2n) is 5.82. The number of para-hydroxylation sites is 1. The summed E-state index contributed by atoms with van der Waals surface area (Å²) in [5.74, 6) is 3.29. The first kappa shape index (κ1) is 21.1. The number of nitrogens with one attached hydrogen (secondary N) is 2. The minimum absolute atomic E-state index is 0. The van der Waals surface area contributed by atoms with Gasteiger partial charge < -0.3 is 24.8 Å². The topological polar surface area (TPSA) is 64.1 Å². The largest absolute Gasteiger partial charge is 0.492 e. The van der Waals surface area contributed by atoms with Crippen LogP contribution in [0.15, 0.2) is 53.5 Å². The lowest BCUT2D eigenvalue weighted by Gasteiger charge is -2.19. The van der Waals surface area contributed by atoms with Crippen molar-refractivity contribution < 1.29 is 14.2 Å². The molecule has 0 spiro atoms. The van der Waals surface area contributed by atoms with E-state index < -0.39 is 0 Å². The molecule has 0 radical (unpaired) electrons. The number of rotatable bonds is 7. The van der Waals surface area contributed by atoms with Gasteiger partial charge in [-0.1, -0.05) is 24.3 Å². The summed E-state index contributed by atoms with van der Waals surface area (Å²) in [7, 11) is 1.76. The molecule has 7 heteroatoms. The smallest absolute Gasteiger partial charge is 0.191 e. The number of benzene rings is 2. The molecule has 27 heavy (non-hydrogen) atoms. The molecule has 2 N–H and O–H groups in total. The summed E-state index contributed by atoms with van der Waals surface area (Å²) < 4.78 is 16.8. The molecular formula is C20H26IN3O3. The highest BCUT2D eigenvalue weighted by molar-refractivity contribution is 14.0. The Hall–Kier alpha value is -2.16. The molecule has 2 aromatic rings. The maximum Gasteiger partial charge on any atom is 0.191 e. The highest BCUT2D eigenvalue weighted by Gasteiger charge is 2.11. The average molecular weight is 483 g/mol. The molecule has 146 valence electrons. The monoisotopic (exact) mass is 483 g/mol. The maximum atomic E-state index is 5.66. The van der Waals surface area contributed by atoms with Crippen LogP contribution in [0.25, 0.3) is 0 Å². The van der Waals surface area contributed by atoms with Crippen LogP contribution in [0.5, 0.6) is 17.2 Å². The predicted molar refractivity (Wildman–Crippen MR) is 118 cm³/mol. The number of hydrogen-bond acceptors (Lipinski definition) is 4. The van der Waals surface area contributed by atoms with Crippen molar-refractivity contribution in [1.29, 1.82) is 0 Å². The Labute approximate surface area is 177 Å². The van der Waals surface area contributed by atoms with Crippen molar-refractivity contribution in [1.82, 2.24) is 10.6 Å². The molecular weight excluding hydrogens is 457 g/mol. The molecule has 3 rings (SSSR count). The van der Waals surface area contributed by atoms with Gasteiger partial charge in [0.15, 0.2) is 17.5 Å². The van der Waals surface area contributed by atoms with E-state index in [1.807, 2.05) is 42.5 Å². The third-order valence-corrected chi connectivity index (χ3v) is 3.94. The van der Waals surface area contributed by atoms with Gasteiger partial charge in [0.2, 0.25) is 0 Å². The molecule has 0 bridgehead atoms. The normalized spacial score (nSPS) is 12.7. The minimum atomic E-state index is 0. The van der Waals surface area contributed by atoms with E-state index in [0.29, 0.717) is 26.4 Å². The molecule has 1 aliphatic heterocycles. The van der Waals surface area contributed by atoms with E-state index in [0.717, 1.165) is 36.2 Å². The fourth-order valence-corrected chi connectivity index (χ4v) is 2.64. The Morgan fingerprint density at radius 2 is 1.74 bits per heavy atom. The number of guanidine groups is 1. The Morgan fingerprint density at radius 3 is 2.52 bits per heavy atom. The molecule has 2 aromatic carbocycles. The van der Waals surface area contributed by atoms with Crippen molar-refractivity contribution in [3.63, 3.8) is 0 Å². The van der Waals surface area contributed by atoms with Gasteiger partial charge in [-0.15, -0.1) is 24.0 Å². The first-order valence-electron chi connectivity index (χ1n) is 8.86. The molecule has 0 saturated heterocycles. The summed E-state index contributed by atoms with van der Waals surface area (Å²) in [6.45, 7) is 3.25. The van der Waals surface area contributed by atoms with Gasteiger partial charge in [0.1, 0.15) is 25.6 Å². The van der Waals surface area contributed by atoms with Gasteiger partial charge in [0.05, 0.1) is 6.54 Å². The third kappa shape index (κ3) is 6.82. The van der Waals surface area contributed by atoms with Crippen LogP contribution < -0.4 is 24.8 Å². The van der Waals surface area contributed by atoms with E-state index in [-0.39, 0.29) is 24.0 Å². The zero-order valence-corrected chi connectivity index (χ0v) is 17.8. The average Bonchev–Trinajstić information content (AvgIpc) is 2.70. The summed E-state index contributed by atoms with van der Waals surface area (Å²) in [6.07, 6.45) is 0.873. The van der Waals surface area contributed by atoms with Gasteiger partial charge in [-0.05, 0) is 36.2 Å². The van der Waals surface area contributed by atoms with Crippen LogP contribution in [-0.2, 0) is 6.42 Å². The number of hydrogen-bond donors (Lipinski definition) is 2. The summed E-state index contributed by atoms with van der Waals surface area (Å²) >= 11 is 0. The van der Waals surface area contributed by atoms with Crippen molar-refractivity contribution in [2.24, 2.45) is 4.99 Å². The van der Waals surface area contributed by atoms with Crippen molar-refractivity contribution >= 4 is 29.9 Å². The van der Waals surface area contributed by atoms with Gasteiger partial charge in [-0.25, -0.2) is 0 Å². The number of nitrogens with zero attached hydrogens (tertiary/aromatic N) is 1. The second-order valence-corrected chi connectivity index (χ2v) is 5.82. The van der Waals surface area contributed by atoms with Crippen LogP contribution in [0.4, 0.5) is 0 Å². The first-order chi connectivity index (χ1) is 12.8. The van der Waals surface area contributed by atoms with Crippen LogP contribution in [0.2, 0.25) is 0 Å². The van der Waals surface area contributed by atoms with Crippen molar-refractivity contribution in [2.75, 3.05) is 40.0 Å². The van der Waals surface area contributed by atoms with Crippen molar-refractivity contribution in [3.05, 3.63) is 54.1 Å². The molecule has 0 fully saturated rings. The Morgan fingerprint density at radius 1 is 1.00 bits per heavy atom. The highest BCUT2D eigenvalue weighted by Crippen LogP contribution is 2.30. The van der Waals surface area contributed by atoms with Crippen LogP contribution in [0.3, 0.4) is 0 Å². The summed E-state index contributed by atoms with van der Waals surface area (Å²) in [6, 6.07) is 15.9. The van der Waals surface area contributed by atoms with Crippen LogP contribution in [-0.4, -0.2) is 45.9 Å². The Balaban J connectivity index is 0.00000261. The van der Waals surface area contributed by atoms with E-state index in [2.05, 4.69) is 21.7 Å². The summed E-state index contributed by atoms with van der Waals surface area (Å²) in [5.41, 5.74) is 1.20. The Kier molecular flexibility index (Phi) is 9.03. The van der Waals surface area contributed by atoms with Crippen LogP contribution in [0, 0.1) is 0 Å². The van der Waals surface area contributed by atoms with Crippen LogP contribution in [0.1, 0.15) is 5.56 Å². The number of ether oxygens (including phenoxy) is 3. The lowest BCUT2D eigenvalue weighted by atomic mass is 10.1. The summed E-state index contributed by atoms with van der Waals surface area (Å²) in [5, 5.41) is 6.55. The molecule has 0 unspecified atom stereocenters. The van der Waals surface area contributed by atoms with Gasteiger partial charge in [0.25, 0.3) is 0 Å². The maximum absolute atomic E-state index is 5.66. The zero-order valence-electron chi connectivity index (χ0n) is 15.4. The van der Waals surface area contributed by atoms with E-state index in [4.69, 9.17) is 14.2 Å². The van der Waals surface area contributed by atoms with E-state index in [1.165, 1.54) is 5.56 Å². The second kappa shape index (κ2) is 11.5. The van der Waals surface area contributed by atoms with Gasteiger partial charge in [-0.2, -0.15) is 0 Å². The highest BCUT2D eigenvalue weighted by atomic mass is 127. The van der Waals surface area contributed by atoms with E-state index in [9.17, 15) is 0 Å². The fraction of sp³-hybridized carbons (Fsp3) is 0.350. The van der Waals surface area contributed by atoms with Gasteiger partial charge >= 0.3 is 0 Å². The standard InChI is InChI=1S/C20H25N3O3.HI/c1-21-20(23-11-12-24-17-5-3-2-4-6-17)22-10-9-16-7-8-18-19(15-16)26-14-13-25-18;/h2-8,15H,9-14H2,1H3,(H2,21,22,23);1H. The first-order valence-corrected chi connectivity index (χ1v) is 8.86. The number of fused-ring (bicyclic) bond motifs is 1. The predicted octanol–water partition coefficient (Wildman–Crippen LogP) is 2.86. The molecule has 0 amide bonds. The quantitative estimate of drug-likeness (QED) is 0.275. The van der Waals surface area contributed by atoms with Crippen LogP contribution >= 0.6 is 24.0 Å². The van der Waals surface area contributed by atoms with E-state index >= 15 is 0 Å².